The maximum absolute atomic E-state index is 13.7. The van der Waals surface area contributed by atoms with Crippen LogP contribution in [0.2, 0.25) is 0 Å². The largest absolute Gasteiger partial charge is 0.493 e. The third kappa shape index (κ3) is 4.09. The monoisotopic (exact) mass is 382 g/mol. The van der Waals surface area contributed by atoms with Crippen molar-refractivity contribution < 1.29 is 23.4 Å². The van der Waals surface area contributed by atoms with Gasteiger partial charge in [0.15, 0.2) is 0 Å². The van der Waals surface area contributed by atoms with Crippen molar-refractivity contribution in [2.75, 3.05) is 0 Å². The van der Waals surface area contributed by atoms with Gasteiger partial charge in [0.05, 0.1) is 18.6 Å². The van der Waals surface area contributed by atoms with E-state index in [4.69, 9.17) is 14.2 Å². The SMILES string of the molecule is Cc1cccc(OC2=COC3CC(OCc4ccccc4F)CCC3C2=O)c1. The van der Waals surface area contributed by atoms with Crippen LogP contribution >= 0.6 is 0 Å². The molecular formula is C23H23FO4. The second-order valence-electron chi connectivity index (χ2n) is 7.38. The highest BCUT2D eigenvalue weighted by molar-refractivity contribution is 5.96. The van der Waals surface area contributed by atoms with Gasteiger partial charge in [-0.3, -0.25) is 4.79 Å². The van der Waals surface area contributed by atoms with Crippen LogP contribution in [-0.4, -0.2) is 18.0 Å². The average Bonchev–Trinajstić information content (AvgIpc) is 2.69. The minimum atomic E-state index is -0.263. The van der Waals surface area contributed by atoms with Crippen LogP contribution in [0.1, 0.15) is 30.4 Å². The first kappa shape index (κ1) is 18.7. The summed E-state index contributed by atoms with van der Waals surface area (Å²) in [5.74, 6) is 0.366. The van der Waals surface area contributed by atoms with E-state index in [0.29, 0.717) is 24.2 Å². The summed E-state index contributed by atoms with van der Waals surface area (Å²) in [6, 6.07) is 14.2. The Kier molecular flexibility index (Phi) is 5.44. The molecule has 0 aromatic heterocycles. The standard InChI is InChI=1S/C23H23FO4/c1-15-5-4-7-18(11-15)28-22-14-27-21-12-17(9-10-19(21)23(22)25)26-13-16-6-2-3-8-20(16)24/h2-8,11,14,17,19,21H,9-10,12-13H2,1H3. The number of fused-ring (bicyclic) bond motifs is 1. The Morgan fingerprint density at radius 3 is 2.82 bits per heavy atom. The number of benzene rings is 2. The van der Waals surface area contributed by atoms with Crippen LogP contribution in [0.3, 0.4) is 0 Å². The summed E-state index contributed by atoms with van der Waals surface area (Å²) in [7, 11) is 0. The maximum Gasteiger partial charge on any atom is 0.207 e. The quantitative estimate of drug-likeness (QED) is 0.751. The fourth-order valence-electron chi connectivity index (χ4n) is 3.79. The van der Waals surface area contributed by atoms with Crippen molar-refractivity contribution in [2.45, 2.75) is 45.0 Å². The first-order valence-electron chi connectivity index (χ1n) is 9.59. The van der Waals surface area contributed by atoms with Gasteiger partial charge in [0.25, 0.3) is 0 Å². The lowest BCUT2D eigenvalue weighted by Gasteiger charge is -2.37. The molecule has 2 aromatic carbocycles. The minimum Gasteiger partial charge on any atom is -0.493 e. The molecule has 28 heavy (non-hydrogen) atoms. The number of aryl methyl sites for hydroxylation is 1. The van der Waals surface area contributed by atoms with Gasteiger partial charge >= 0.3 is 0 Å². The molecule has 3 unspecified atom stereocenters. The van der Waals surface area contributed by atoms with Crippen molar-refractivity contribution in [1.29, 1.82) is 0 Å². The third-order valence-electron chi connectivity index (χ3n) is 5.32. The topological polar surface area (TPSA) is 44.8 Å². The van der Waals surface area contributed by atoms with E-state index in [2.05, 4.69) is 0 Å². The summed E-state index contributed by atoms with van der Waals surface area (Å²) in [5, 5.41) is 0. The molecule has 1 aliphatic carbocycles. The number of Topliss-reactive ketones (excluding diaryl/α,β-unsaturated/α-hetero) is 1. The molecule has 1 fully saturated rings. The van der Waals surface area contributed by atoms with E-state index in [1.54, 1.807) is 18.2 Å². The number of halogens is 1. The van der Waals surface area contributed by atoms with Crippen LogP contribution in [-0.2, 0) is 20.9 Å². The van der Waals surface area contributed by atoms with Gasteiger partial charge in [-0.25, -0.2) is 4.39 Å². The molecule has 2 aromatic rings. The lowest BCUT2D eigenvalue weighted by molar-refractivity contribution is -0.134. The maximum atomic E-state index is 13.7. The van der Waals surface area contributed by atoms with Crippen molar-refractivity contribution in [3.63, 3.8) is 0 Å². The van der Waals surface area contributed by atoms with E-state index >= 15 is 0 Å². The lowest BCUT2D eigenvalue weighted by atomic mass is 9.80. The Labute approximate surface area is 163 Å². The van der Waals surface area contributed by atoms with Crippen molar-refractivity contribution in [2.24, 2.45) is 5.92 Å². The van der Waals surface area contributed by atoms with Gasteiger partial charge in [0.1, 0.15) is 23.9 Å². The van der Waals surface area contributed by atoms with Crippen molar-refractivity contribution in [3.05, 3.63) is 77.5 Å². The minimum absolute atomic E-state index is 0.0229. The Hall–Kier alpha value is -2.66. The van der Waals surface area contributed by atoms with Crippen LogP contribution in [0, 0.1) is 18.7 Å². The number of rotatable bonds is 5. The molecule has 0 saturated heterocycles. The molecule has 4 nitrogen and oxygen atoms in total. The number of ketones is 1. The van der Waals surface area contributed by atoms with Crippen molar-refractivity contribution in [1.82, 2.24) is 0 Å². The average molecular weight is 382 g/mol. The van der Waals surface area contributed by atoms with E-state index in [1.807, 2.05) is 31.2 Å². The number of allylic oxidation sites excluding steroid dienone is 1. The number of hydrogen-bond acceptors (Lipinski definition) is 4. The molecule has 0 bridgehead atoms. The second kappa shape index (κ2) is 8.15. The Bertz CT molecular complexity index is 892. The van der Waals surface area contributed by atoms with Gasteiger partial charge in [-0.15, -0.1) is 0 Å². The lowest BCUT2D eigenvalue weighted by Crippen LogP contribution is -2.42. The number of ether oxygens (including phenoxy) is 3. The molecular weight excluding hydrogens is 359 g/mol. The molecule has 4 rings (SSSR count). The zero-order chi connectivity index (χ0) is 19.5. The summed E-state index contributed by atoms with van der Waals surface area (Å²) < 4.78 is 31.2. The predicted molar refractivity (Wildman–Crippen MR) is 102 cm³/mol. The van der Waals surface area contributed by atoms with Crippen LogP contribution in [0.25, 0.3) is 0 Å². The number of carbonyl (C=O) groups excluding carboxylic acids is 1. The predicted octanol–water partition coefficient (Wildman–Crippen LogP) is 4.71. The molecule has 3 atom stereocenters. The number of carbonyl (C=O) groups is 1. The van der Waals surface area contributed by atoms with Gasteiger partial charge in [0.2, 0.25) is 11.5 Å². The summed E-state index contributed by atoms with van der Waals surface area (Å²) >= 11 is 0. The first-order chi connectivity index (χ1) is 13.6. The van der Waals surface area contributed by atoms with Crippen LogP contribution in [0.4, 0.5) is 4.39 Å². The smallest absolute Gasteiger partial charge is 0.207 e. The van der Waals surface area contributed by atoms with Crippen molar-refractivity contribution in [3.8, 4) is 5.75 Å². The molecule has 146 valence electrons. The molecule has 0 amide bonds. The van der Waals surface area contributed by atoms with Crippen molar-refractivity contribution >= 4 is 5.78 Å². The summed E-state index contributed by atoms with van der Waals surface area (Å²) in [5.41, 5.74) is 1.60. The zero-order valence-electron chi connectivity index (χ0n) is 15.8. The molecule has 0 spiro atoms. The molecule has 1 aliphatic heterocycles. The van der Waals surface area contributed by atoms with Gasteiger partial charge in [0, 0.05) is 12.0 Å². The summed E-state index contributed by atoms with van der Waals surface area (Å²) in [6.45, 7) is 2.19. The number of hydrogen-bond donors (Lipinski definition) is 0. The summed E-state index contributed by atoms with van der Waals surface area (Å²) in [4.78, 5) is 12.8. The third-order valence-corrected chi connectivity index (χ3v) is 5.32. The molecule has 1 saturated carbocycles. The van der Waals surface area contributed by atoms with Crippen LogP contribution in [0.15, 0.2) is 60.6 Å². The highest BCUT2D eigenvalue weighted by Gasteiger charge is 2.41. The van der Waals surface area contributed by atoms with Gasteiger partial charge in [-0.05, 0) is 43.5 Å². The van der Waals surface area contributed by atoms with E-state index in [1.165, 1.54) is 12.3 Å². The molecule has 1 heterocycles. The zero-order valence-corrected chi connectivity index (χ0v) is 15.8. The van der Waals surface area contributed by atoms with E-state index < -0.39 is 0 Å². The Morgan fingerprint density at radius 1 is 1.14 bits per heavy atom. The Morgan fingerprint density at radius 2 is 2.00 bits per heavy atom. The Balaban J connectivity index is 1.36. The fraction of sp³-hybridized carbons (Fsp3) is 0.348. The van der Waals surface area contributed by atoms with Crippen LogP contribution < -0.4 is 4.74 Å². The fourth-order valence-corrected chi connectivity index (χ4v) is 3.79. The second-order valence-corrected chi connectivity index (χ2v) is 7.38. The van der Waals surface area contributed by atoms with Crippen LogP contribution in [0.5, 0.6) is 5.75 Å². The first-order valence-corrected chi connectivity index (χ1v) is 9.59. The van der Waals surface area contributed by atoms with Gasteiger partial charge in [-0.1, -0.05) is 30.3 Å². The highest BCUT2D eigenvalue weighted by atomic mass is 19.1. The molecule has 2 aliphatic rings. The van der Waals surface area contributed by atoms with E-state index in [9.17, 15) is 9.18 Å². The van der Waals surface area contributed by atoms with Gasteiger partial charge in [-0.2, -0.15) is 0 Å². The van der Waals surface area contributed by atoms with E-state index in [-0.39, 0.29) is 42.1 Å². The molecule has 0 radical (unpaired) electrons. The molecule has 5 heteroatoms. The normalized spacial score (nSPS) is 24.1. The van der Waals surface area contributed by atoms with Gasteiger partial charge < -0.3 is 14.2 Å². The molecule has 0 N–H and O–H groups in total. The summed E-state index contributed by atoms with van der Waals surface area (Å²) in [6.07, 6.45) is 3.16. The highest BCUT2D eigenvalue weighted by Crippen LogP contribution is 2.35. The van der Waals surface area contributed by atoms with E-state index in [0.717, 1.165) is 12.0 Å².